The van der Waals surface area contributed by atoms with Gasteiger partial charge < -0.3 is 14.9 Å². The van der Waals surface area contributed by atoms with Gasteiger partial charge in [0.15, 0.2) is 5.69 Å². The number of carbonyl (C=O) groups excluding carboxylic acids is 1. The minimum absolute atomic E-state index is 0.0750. The zero-order valence-corrected chi connectivity index (χ0v) is 9.55. The van der Waals surface area contributed by atoms with E-state index >= 15 is 0 Å². The highest BCUT2D eigenvalue weighted by molar-refractivity contribution is 5.95. The van der Waals surface area contributed by atoms with Crippen molar-refractivity contribution in [3.8, 4) is 12.3 Å². The van der Waals surface area contributed by atoms with E-state index in [1.807, 2.05) is 0 Å². The minimum Gasteiger partial charge on any atom is -0.480 e. The number of carbonyl (C=O) groups is 2. The van der Waals surface area contributed by atoms with Gasteiger partial charge in [-0.3, -0.25) is 4.79 Å². The first-order valence-corrected chi connectivity index (χ1v) is 5.55. The zero-order chi connectivity index (χ0) is 13.1. The largest absolute Gasteiger partial charge is 0.480 e. The molecule has 0 bridgehead atoms. The third-order valence-corrected chi connectivity index (χ3v) is 2.67. The molecule has 1 amide bonds. The number of terminal acetylenes is 1. The number of hydrogen-bond donors (Lipinski definition) is 2. The number of amides is 1. The molecule has 0 aliphatic heterocycles. The van der Waals surface area contributed by atoms with Crippen molar-refractivity contribution in [3.63, 3.8) is 0 Å². The Morgan fingerprint density at radius 1 is 1.67 bits per heavy atom. The molecular weight excluding hydrogens is 236 g/mol. The molecule has 1 aromatic heterocycles. The van der Waals surface area contributed by atoms with Gasteiger partial charge in [0.2, 0.25) is 0 Å². The second-order valence-electron chi connectivity index (χ2n) is 4.16. The quantitative estimate of drug-likeness (QED) is 0.750. The van der Waals surface area contributed by atoms with Crippen LogP contribution in [0.4, 0.5) is 0 Å². The van der Waals surface area contributed by atoms with Gasteiger partial charge in [-0.15, -0.1) is 12.3 Å². The highest BCUT2D eigenvalue weighted by atomic mass is 16.5. The van der Waals surface area contributed by atoms with Crippen molar-refractivity contribution in [1.29, 1.82) is 0 Å². The molecule has 1 saturated carbocycles. The summed E-state index contributed by atoms with van der Waals surface area (Å²) in [4.78, 5) is 22.6. The summed E-state index contributed by atoms with van der Waals surface area (Å²) >= 11 is 0. The predicted molar refractivity (Wildman–Crippen MR) is 60.8 cm³/mol. The monoisotopic (exact) mass is 248 g/mol. The van der Waals surface area contributed by atoms with E-state index < -0.39 is 17.9 Å². The van der Waals surface area contributed by atoms with Crippen molar-refractivity contribution in [2.75, 3.05) is 0 Å². The fraction of sp³-hybridized carbons (Fsp3) is 0.417. The van der Waals surface area contributed by atoms with Gasteiger partial charge in [-0.05, 0) is 12.8 Å². The maximum Gasteiger partial charge on any atom is 0.327 e. The van der Waals surface area contributed by atoms with E-state index in [1.54, 1.807) is 6.07 Å². The Balaban J connectivity index is 2.01. The number of hydrogen-bond acceptors (Lipinski definition) is 4. The Labute approximate surface area is 103 Å². The normalized spacial score (nSPS) is 15.7. The minimum atomic E-state index is -1.17. The molecule has 0 saturated heterocycles. The Kier molecular flexibility index (Phi) is 3.33. The first kappa shape index (κ1) is 12.2. The molecule has 6 heteroatoms. The lowest BCUT2D eigenvalue weighted by Gasteiger charge is -2.09. The fourth-order valence-electron chi connectivity index (χ4n) is 1.51. The summed E-state index contributed by atoms with van der Waals surface area (Å²) in [5.74, 6) is 1.45. The Morgan fingerprint density at radius 3 is 2.94 bits per heavy atom. The average molecular weight is 248 g/mol. The van der Waals surface area contributed by atoms with Crippen molar-refractivity contribution in [2.24, 2.45) is 0 Å². The van der Waals surface area contributed by atoms with Crippen LogP contribution in [0.2, 0.25) is 0 Å². The Hall–Kier alpha value is -2.29. The summed E-state index contributed by atoms with van der Waals surface area (Å²) in [7, 11) is 0. The fourth-order valence-corrected chi connectivity index (χ4v) is 1.51. The van der Waals surface area contributed by atoms with Crippen LogP contribution in [-0.4, -0.2) is 28.2 Å². The van der Waals surface area contributed by atoms with Crippen LogP contribution < -0.4 is 5.32 Å². The van der Waals surface area contributed by atoms with Crippen LogP contribution in [0, 0.1) is 12.3 Å². The van der Waals surface area contributed by atoms with Crippen molar-refractivity contribution in [2.45, 2.75) is 31.2 Å². The van der Waals surface area contributed by atoms with Crippen LogP contribution in [0.25, 0.3) is 0 Å². The topological polar surface area (TPSA) is 92.4 Å². The molecular formula is C12H12N2O4. The van der Waals surface area contributed by atoms with Crippen LogP contribution in [0.1, 0.15) is 41.4 Å². The standard InChI is InChI=1S/C12H12N2O4/c1-2-3-8(12(16)17)13-11(15)9-6-10(18-14-9)7-4-5-7/h1,6-8H,3-5H2,(H,13,15)(H,16,17). The van der Waals surface area contributed by atoms with Crippen LogP contribution in [0.15, 0.2) is 10.6 Å². The molecule has 0 aromatic carbocycles. The second kappa shape index (κ2) is 4.92. The van der Waals surface area contributed by atoms with E-state index in [-0.39, 0.29) is 12.1 Å². The van der Waals surface area contributed by atoms with Crippen LogP contribution in [0.3, 0.4) is 0 Å². The summed E-state index contributed by atoms with van der Waals surface area (Å²) in [6, 6.07) is 0.436. The number of aromatic nitrogens is 1. The van der Waals surface area contributed by atoms with Crippen LogP contribution >= 0.6 is 0 Å². The van der Waals surface area contributed by atoms with Gasteiger partial charge >= 0.3 is 5.97 Å². The number of carboxylic acid groups (broad SMARTS) is 1. The van der Waals surface area contributed by atoms with E-state index in [9.17, 15) is 9.59 Å². The lowest BCUT2D eigenvalue weighted by atomic mass is 10.2. The van der Waals surface area contributed by atoms with Crippen LogP contribution in [0.5, 0.6) is 0 Å². The van der Waals surface area contributed by atoms with Gasteiger partial charge in [0, 0.05) is 18.4 Å². The molecule has 6 nitrogen and oxygen atoms in total. The third kappa shape index (κ3) is 2.69. The number of nitrogens with one attached hydrogen (secondary N) is 1. The van der Waals surface area contributed by atoms with E-state index in [2.05, 4.69) is 16.4 Å². The summed E-state index contributed by atoms with van der Waals surface area (Å²) in [6.45, 7) is 0. The summed E-state index contributed by atoms with van der Waals surface area (Å²) in [5.41, 5.74) is 0.0835. The number of carboxylic acids is 1. The first-order chi connectivity index (χ1) is 8.61. The Bertz CT molecular complexity index is 510. The molecule has 2 rings (SSSR count). The maximum atomic E-state index is 11.7. The lowest BCUT2D eigenvalue weighted by Crippen LogP contribution is -2.40. The molecule has 94 valence electrons. The lowest BCUT2D eigenvalue weighted by molar-refractivity contribution is -0.139. The molecule has 1 heterocycles. The highest BCUT2D eigenvalue weighted by Crippen LogP contribution is 2.40. The molecule has 1 fully saturated rings. The van der Waals surface area contributed by atoms with Gasteiger partial charge in [-0.2, -0.15) is 0 Å². The maximum absolute atomic E-state index is 11.7. The van der Waals surface area contributed by atoms with E-state index in [0.717, 1.165) is 12.8 Å². The molecule has 1 unspecified atom stereocenters. The molecule has 1 atom stereocenters. The van der Waals surface area contributed by atoms with Crippen molar-refractivity contribution >= 4 is 11.9 Å². The van der Waals surface area contributed by atoms with E-state index in [1.165, 1.54) is 0 Å². The van der Waals surface area contributed by atoms with E-state index in [4.69, 9.17) is 16.1 Å². The molecule has 1 aliphatic carbocycles. The van der Waals surface area contributed by atoms with Crippen LogP contribution in [-0.2, 0) is 4.79 Å². The molecule has 18 heavy (non-hydrogen) atoms. The predicted octanol–water partition coefficient (Wildman–Crippen LogP) is 0.758. The molecule has 1 aromatic rings. The van der Waals surface area contributed by atoms with Gasteiger partial charge in [0.05, 0.1) is 0 Å². The third-order valence-electron chi connectivity index (χ3n) is 2.67. The van der Waals surface area contributed by atoms with Gasteiger partial charge in [0.1, 0.15) is 11.8 Å². The highest BCUT2D eigenvalue weighted by Gasteiger charge is 2.29. The van der Waals surface area contributed by atoms with E-state index in [0.29, 0.717) is 11.7 Å². The number of rotatable bonds is 5. The van der Waals surface area contributed by atoms with Crippen molar-refractivity contribution < 1.29 is 19.2 Å². The average Bonchev–Trinajstić information content (AvgIpc) is 3.06. The SMILES string of the molecule is C#CCC(NC(=O)c1cc(C2CC2)on1)C(=O)O. The zero-order valence-electron chi connectivity index (χ0n) is 9.55. The summed E-state index contributed by atoms with van der Waals surface area (Å²) in [5, 5.41) is 14.8. The summed E-state index contributed by atoms with van der Waals surface area (Å²) in [6.07, 6.45) is 7.03. The molecule has 1 aliphatic rings. The number of aliphatic carboxylic acids is 1. The smallest absolute Gasteiger partial charge is 0.327 e. The first-order valence-electron chi connectivity index (χ1n) is 5.55. The van der Waals surface area contributed by atoms with Crippen molar-refractivity contribution in [1.82, 2.24) is 10.5 Å². The molecule has 2 N–H and O–H groups in total. The van der Waals surface area contributed by atoms with Crippen molar-refractivity contribution in [3.05, 3.63) is 17.5 Å². The number of nitrogens with zero attached hydrogens (tertiary/aromatic N) is 1. The van der Waals surface area contributed by atoms with Gasteiger partial charge in [0.25, 0.3) is 5.91 Å². The Morgan fingerprint density at radius 2 is 2.39 bits per heavy atom. The molecule has 0 radical (unpaired) electrons. The molecule has 0 spiro atoms. The van der Waals surface area contributed by atoms with Gasteiger partial charge in [-0.25, -0.2) is 4.79 Å². The second-order valence-corrected chi connectivity index (χ2v) is 4.16. The summed E-state index contributed by atoms with van der Waals surface area (Å²) < 4.78 is 5.01. The van der Waals surface area contributed by atoms with Gasteiger partial charge in [-0.1, -0.05) is 5.16 Å².